The molecule has 0 spiro atoms. The van der Waals surface area contributed by atoms with Crippen molar-refractivity contribution in [3.63, 3.8) is 0 Å². The molecule has 2 heterocycles. The number of likely N-dealkylation sites (tertiary alicyclic amines) is 1. The summed E-state index contributed by atoms with van der Waals surface area (Å²) in [6.07, 6.45) is -2.25. The van der Waals surface area contributed by atoms with Gasteiger partial charge in [-0.2, -0.15) is 13.2 Å². The summed E-state index contributed by atoms with van der Waals surface area (Å²) in [4.78, 5) is 25.4. The van der Waals surface area contributed by atoms with Crippen molar-refractivity contribution >= 4 is 18.1 Å². The van der Waals surface area contributed by atoms with E-state index in [4.69, 9.17) is 0 Å². The molecule has 1 aromatic carbocycles. The second-order valence-electron chi connectivity index (χ2n) is 8.36. The van der Waals surface area contributed by atoms with Crippen molar-refractivity contribution in [2.75, 3.05) is 13.1 Å². The van der Waals surface area contributed by atoms with Gasteiger partial charge in [0.05, 0.1) is 6.04 Å². The molecule has 158 valence electrons. The van der Waals surface area contributed by atoms with Crippen molar-refractivity contribution in [3.8, 4) is 0 Å². The molecule has 1 aromatic rings. The van der Waals surface area contributed by atoms with Gasteiger partial charge < -0.3 is 14.9 Å². The van der Waals surface area contributed by atoms with Crippen molar-refractivity contribution in [3.05, 3.63) is 40.5 Å². The number of piperidine rings is 1. The molecule has 8 heteroatoms. The zero-order valence-electron chi connectivity index (χ0n) is 16.7. The third-order valence-electron chi connectivity index (χ3n) is 5.86. The van der Waals surface area contributed by atoms with E-state index >= 15 is 0 Å². The van der Waals surface area contributed by atoms with E-state index in [0.29, 0.717) is 25.8 Å². The van der Waals surface area contributed by atoms with Crippen LogP contribution in [0.5, 0.6) is 0 Å². The molecule has 0 aromatic heterocycles. The van der Waals surface area contributed by atoms with Gasteiger partial charge in [0, 0.05) is 18.6 Å². The molecule has 0 saturated carbocycles. The minimum absolute atomic E-state index is 0.0478. The Bertz CT molecular complexity index is 861. The fraction of sp³-hybridized carbons (Fsp3) is 0.524. The third-order valence-corrected chi connectivity index (χ3v) is 5.86. The van der Waals surface area contributed by atoms with Gasteiger partial charge in [0.2, 0.25) is 0 Å². The minimum Gasteiger partial charge on any atom is -0.465 e. The summed E-state index contributed by atoms with van der Waals surface area (Å²) in [5.74, 6) is -1.80. The van der Waals surface area contributed by atoms with E-state index in [1.807, 2.05) is 38.1 Å². The smallest absolute Gasteiger partial charge is 0.465 e. The van der Waals surface area contributed by atoms with Crippen molar-refractivity contribution in [2.24, 2.45) is 0 Å². The van der Waals surface area contributed by atoms with E-state index in [1.54, 1.807) is 6.92 Å². The van der Waals surface area contributed by atoms with Gasteiger partial charge in [-0.3, -0.25) is 4.79 Å². The third kappa shape index (κ3) is 4.26. The van der Waals surface area contributed by atoms with Gasteiger partial charge in [-0.05, 0) is 62.8 Å². The summed E-state index contributed by atoms with van der Waals surface area (Å²) in [5, 5.41) is 9.33. The number of nitrogens with zero attached hydrogens (tertiary/aromatic N) is 2. The number of benzene rings is 1. The standard InChI is InChI=1S/C21H25F3N2O3/c1-13-17-11-14(10-15-6-9-26(19(28)29)20(2,3)12-15)4-5-16(17)7-8-25(13)18(27)21(22,23)24/h4-5,10-11,13H,6-9,12H2,1-3H3,(H,28,29)/b15-10-. The van der Waals surface area contributed by atoms with Crippen LogP contribution in [0, 0.1) is 0 Å². The lowest BCUT2D eigenvalue weighted by molar-refractivity contribution is -0.188. The first-order valence-electron chi connectivity index (χ1n) is 9.61. The Hall–Kier alpha value is -2.51. The molecule has 29 heavy (non-hydrogen) atoms. The van der Waals surface area contributed by atoms with Gasteiger partial charge in [0.1, 0.15) is 0 Å². The van der Waals surface area contributed by atoms with Crippen molar-refractivity contribution in [1.29, 1.82) is 0 Å². The highest BCUT2D eigenvalue weighted by Crippen LogP contribution is 2.35. The predicted molar refractivity (Wildman–Crippen MR) is 102 cm³/mol. The number of halogens is 3. The highest BCUT2D eigenvalue weighted by molar-refractivity contribution is 5.82. The van der Waals surface area contributed by atoms with E-state index in [9.17, 15) is 27.9 Å². The highest BCUT2D eigenvalue weighted by Gasteiger charge is 2.45. The molecule has 3 rings (SSSR count). The van der Waals surface area contributed by atoms with Crippen LogP contribution in [0.25, 0.3) is 6.08 Å². The van der Waals surface area contributed by atoms with Crippen LogP contribution in [0.4, 0.5) is 18.0 Å². The zero-order valence-corrected chi connectivity index (χ0v) is 16.7. The molecule has 2 amide bonds. The molecule has 2 aliphatic heterocycles. The summed E-state index contributed by atoms with van der Waals surface area (Å²) in [5.41, 5.74) is 3.11. The van der Waals surface area contributed by atoms with E-state index in [1.165, 1.54) is 4.90 Å². The molecule has 1 unspecified atom stereocenters. The first-order chi connectivity index (χ1) is 13.4. The van der Waals surface area contributed by atoms with Crippen molar-refractivity contribution < 1.29 is 27.9 Å². The number of carbonyl (C=O) groups excluding carboxylic acids is 1. The normalized spacial score (nSPS) is 23.1. The molecule has 1 fully saturated rings. The molecule has 2 aliphatic rings. The fourth-order valence-electron chi connectivity index (χ4n) is 4.37. The van der Waals surface area contributed by atoms with Crippen molar-refractivity contribution in [2.45, 2.75) is 57.8 Å². The van der Waals surface area contributed by atoms with Gasteiger partial charge in [0.15, 0.2) is 0 Å². The van der Waals surface area contributed by atoms with Crippen LogP contribution in [-0.2, 0) is 11.2 Å². The lowest BCUT2D eigenvalue weighted by Crippen LogP contribution is -2.50. The van der Waals surface area contributed by atoms with E-state index in [2.05, 4.69) is 0 Å². The summed E-state index contributed by atoms with van der Waals surface area (Å²) in [6, 6.07) is 5.03. The number of hydrogen-bond acceptors (Lipinski definition) is 2. The fourth-order valence-corrected chi connectivity index (χ4v) is 4.37. The first-order valence-corrected chi connectivity index (χ1v) is 9.61. The second-order valence-corrected chi connectivity index (χ2v) is 8.36. The number of carboxylic acid groups (broad SMARTS) is 1. The largest absolute Gasteiger partial charge is 0.471 e. The lowest BCUT2D eigenvalue weighted by atomic mass is 9.85. The molecular weight excluding hydrogens is 385 g/mol. The Morgan fingerprint density at radius 3 is 2.48 bits per heavy atom. The maximum atomic E-state index is 12.9. The van der Waals surface area contributed by atoms with Crippen LogP contribution < -0.4 is 0 Å². The summed E-state index contributed by atoms with van der Waals surface area (Å²) < 4.78 is 38.7. The molecule has 0 radical (unpaired) electrons. The molecular formula is C21H25F3N2O3. The molecule has 1 atom stereocenters. The lowest BCUT2D eigenvalue weighted by Gasteiger charge is -2.41. The Morgan fingerprint density at radius 1 is 1.21 bits per heavy atom. The maximum absolute atomic E-state index is 12.9. The average molecular weight is 410 g/mol. The van der Waals surface area contributed by atoms with Crippen LogP contribution in [-0.4, -0.2) is 51.7 Å². The molecule has 1 N–H and O–H groups in total. The van der Waals surface area contributed by atoms with Crippen LogP contribution >= 0.6 is 0 Å². The quantitative estimate of drug-likeness (QED) is 0.734. The van der Waals surface area contributed by atoms with Crippen LogP contribution in [0.15, 0.2) is 23.8 Å². The summed E-state index contributed by atoms with van der Waals surface area (Å²) in [6.45, 7) is 5.83. The van der Waals surface area contributed by atoms with E-state index in [0.717, 1.165) is 27.2 Å². The first kappa shape index (κ1) is 21.2. The average Bonchev–Trinajstić information content (AvgIpc) is 2.60. The van der Waals surface area contributed by atoms with Crippen LogP contribution in [0.1, 0.15) is 56.3 Å². The SMILES string of the molecule is CC1c2cc(/C=C3/CCN(C(=O)O)C(C)(C)C3)ccc2CCN1C(=O)C(F)(F)F. The molecule has 0 aliphatic carbocycles. The summed E-state index contributed by atoms with van der Waals surface area (Å²) in [7, 11) is 0. The molecule has 0 bridgehead atoms. The van der Waals surface area contributed by atoms with E-state index in [-0.39, 0.29) is 6.54 Å². The topological polar surface area (TPSA) is 60.9 Å². The Morgan fingerprint density at radius 2 is 1.90 bits per heavy atom. The van der Waals surface area contributed by atoms with Gasteiger partial charge in [0.25, 0.3) is 0 Å². The number of amides is 2. The number of alkyl halides is 3. The van der Waals surface area contributed by atoms with Gasteiger partial charge >= 0.3 is 18.2 Å². The highest BCUT2D eigenvalue weighted by atomic mass is 19.4. The van der Waals surface area contributed by atoms with E-state index < -0.39 is 29.8 Å². The van der Waals surface area contributed by atoms with Gasteiger partial charge in [-0.15, -0.1) is 0 Å². The number of hydrogen-bond donors (Lipinski definition) is 1. The molecule has 5 nitrogen and oxygen atoms in total. The Kier molecular flexibility index (Phi) is 5.40. The Labute approximate surface area is 167 Å². The predicted octanol–water partition coefficient (Wildman–Crippen LogP) is 4.63. The summed E-state index contributed by atoms with van der Waals surface area (Å²) >= 11 is 0. The number of fused-ring (bicyclic) bond motifs is 1. The molecule has 1 saturated heterocycles. The number of carbonyl (C=O) groups is 2. The van der Waals surface area contributed by atoms with Crippen molar-refractivity contribution in [1.82, 2.24) is 9.80 Å². The monoisotopic (exact) mass is 410 g/mol. The Balaban J connectivity index is 1.84. The zero-order chi connectivity index (χ0) is 21.6. The second kappa shape index (κ2) is 7.39. The number of rotatable bonds is 1. The maximum Gasteiger partial charge on any atom is 0.471 e. The van der Waals surface area contributed by atoms with Gasteiger partial charge in [-0.25, -0.2) is 4.79 Å². The van der Waals surface area contributed by atoms with Crippen LogP contribution in [0.3, 0.4) is 0 Å². The minimum atomic E-state index is -4.88. The van der Waals surface area contributed by atoms with Crippen LogP contribution in [0.2, 0.25) is 0 Å². The van der Waals surface area contributed by atoms with Gasteiger partial charge in [-0.1, -0.05) is 23.8 Å².